The molecule has 0 bridgehead atoms. The normalized spacial score (nSPS) is 10.2. The van der Waals surface area contributed by atoms with Crippen molar-refractivity contribution in [3.05, 3.63) is 35.5 Å². The van der Waals surface area contributed by atoms with Crippen molar-refractivity contribution in [1.29, 1.82) is 0 Å². The number of nitrogens with one attached hydrogen (secondary N) is 2. The number of amides is 2. The molecular weight excluding hydrogens is 300 g/mol. The molecule has 0 unspecified atom stereocenters. The number of nitrogens with zero attached hydrogens (tertiary/aromatic N) is 2. The Kier molecular flexibility index (Phi) is 6.02. The standard InChI is InChI=1S/C15H18N4O2S/c1-11(20)16-8-9-18-14(21)6-5-12-10-22-15(19-12)13-4-2-3-7-17-13/h2-4,7,10H,5-6,8-9H2,1H3,(H,16,20)(H,18,21). The van der Waals surface area contributed by atoms with Gasteiger partial charge in [-0.2, -0.15) is 0 Å². The number of carbonyl (C=O) groups excluding carboxylic acids is 2. The third kappa shape index (κ3) is 5.25. The summed E-state index contributed by atoms with van der Waals surface area (Å²) in [4.78, 5) is 31.1. The molecule has 2 aromatic heterocycles. The molecule has 0 aromatic carbocycles. The lowest BCUT2D eigenvalue weighted by molar-refractivity contribution is -0.122. The molecule has 2 heterocycles. The molecule has 0 aliphatic heterocycles. The van der Waals surface area contributed by atoms with Crippen LogP contribution >= 0.6 is 11.3 Å². The summed E-state index contributed by atoms with van der Waals surface area (Å²) in [5.41, 5.74) is 1.74. The van der Waals surface area contributed by atoms with Gasteiger partial charge in [0.25, 0.3) is 0 Å². The van der Waals surface area contributed by atoms with Crippen molar-refractivity contribution >= 4 is 23.2 Å². The van der Waals surface area contributed by atoms with Gasteiger partial charge < -0.3 is 10.6 Å². The van der Waals surface area contributed by atoms with Gasteiger partial charge in [0.05, 0.1) is 11.4 Å². The van der Waals surface area contributed by atoms with E-state index in [9.17, 15) is 9.59 Å². The SMILES string of the molecule is CC(=O)NCCNC(=O)CCc1csc(-c2ccccn2)n1. The van der Waals surface area contributed by atoms with Crippen molar-refractivity contribution in [1.82, 2.24) is 20.6 Å². The van der Waals surface area contributed by atoms with Crippen LogP contribution in [0.4, 0.5) is 0 Å². The highest BCUT2D eigenvalue weighted by atomic mass is 32.1. The van der Waals surface area contributed by atoms with E-state index in [4.69, 9.17) is 0 Å². The van der Waals surface area contributed by atoms with Crippen molar-refractivity contribution < 1.29 is 9.59 Å². The molecule has 2 aromatic rings. The number of aromatic nitrogens is 2. The van der Waals surface area contributed by atoms with E-state index in [1.54, 1.807) is 6.20 Å². The molecule has 0 saturated carbocycles. The summed E-state index contributed by atoms with van der Waals surface area (Å²) in [5, 5.41) is 8.20. The van der Waals surface area contributed by atoms with Crippen molar-refractivity contribution in [3.8, 4) is 10.7 Å². The lowest BCUT2D eigenvalue weighted by Crippen LogP contribution is -2.33. The summed E-state index contributed by atoms with van der Waals surface area (Å²) >= 11 is 1.53. The molecule has 2 amide bonds. The second kappa shape index (κ2) is 8.23. The number of hydrogen-bond acceptors (Lipinski definition) is 5. The van der Waals surface area contributed by atoms with Crippen LogP contribution in [0.1, 0.15) is 19.0 Å². The molecule has 6 nitrogen and oxygen atoms in total. The Morgan fingerprint density at radius 2 is 2.05 bits per heavy atom. The van der Waals surface area contributed by atoms with Gasteiger partial charge in [0, 0.05) is 38.0 Å². The van der Waals surface area contributed by atoms with Crippen LogP contribution in [0, 0.1) is 0 Å². The summed E-state index contributed by atoms with van der Waals surface area (Å²) in [7, 11) is 0. The summed E-state index contributed by atoms with van der Waals surface area (Å²) in [5.74, 6) is -0.142. The Balaban J connectivity index is 1.74. The van der Waals surface area contributed by atoms with Crippen LogP contribution < -0.4 is 10.6 Å². The van der Waals surface area contributed by atoms with E-state index < -0.39 is 0 Å². The second-order valence-electron chi connectivity index (χ2n) is 4.69. The van der Waals surface area contributed by atoms with Crippen molar-refractivity contribution in [2.75, 3.05) is 13.1 Å². The van der Waals surface area contributed by atoms with E-state index in [1.807, 2.05) is 23.6 Å². The van der Waals surface area contributed by atoms with E-state index in [0.29, 0.717) is 25.9 Å². The van der Waals surface area contributed by atoms with E-state index in [0.717, 1.165) is 16.4 Å². The van der Waals surface area contributed by atoms with Gasteiger partial charge in [-0.25, -0.2) is 4.98 Å². The Hall–Kier alpha value is -2.28. The van der Waals surface area contributed by atoms with Gasteiger partial charge in [0.2, 0.25) is 11.8 Å². The largest absolute Gasteiger partial charge is 0.355 e. The smallest absolute Gasteiger partial charge is 0.220 e. The lowest BCUT2D eigenvalue weighted by atomic mass is 10.2. The highest BCUT2D eigenvalue weighted by Gasteiger charge is 2.07. The zero-order valence-electron chi connectivity index (χ0n) is 12.3. The monoisotopic (exact) mass is 318 g/mol. The summed E-state index contributed by atoms with van der Waals surface area (Å²) < 4.78 is 0. The first-order valence-electron chi connectivity index (χ1n) is 7.02. The van der Waals surface area contributed by atoms with Gasteiger partial charge in [-0.05, 0) is 18.6 Å². The lowest BCUT2D eigenvalue weighted by Gasteiger charge is -2.04. The minimum absolute atomic E-state index is 0.0438. The van der Waals surface area contributed by atoms with E-state index in [2.05, 4.69) is 20.6 Å². The third-order valence-electron chi connectivity index (χ3n) is 2.87. The van der Waals surface area contributed by atoms with Crippen LogP contribution in [-0.2, 0) is 16.0 Å². The highest BCUT2D eigenvalue weighted by Crippen LogP contribution is 2.21. The maximum atomic E-state index is 11.7. The van der Waals surface area contributed by atoms with Crippen LogP contribution in [0.3, 0.4) is 0 Å². The molecule has 0 radical (unpaired) electrons. The van der Waals surface area contributed by atoms with E-state index in [-0.39, 0.29) is 11.8 Å². The highest BCUT2D eigenvalue weighted by molar-refractivity contribution is 7.13. The number of rotatable bonds is 7. The third-order valence-corrected chi connectivity index (χ3v) is 3.78. The summed E-state index contributed by atoms with van der Waals surface area (Å²) in [6, 6.07) is 5.70. The molecule has 7 heteroatoms. The van der Waals surface area contributed by atoms with E-state index in [1.165, 1.54) is 18.3 Å². The molecular formula is C15H18N4O2S. The fourth-order valence-electron chi connectivity index (χ4n) is 1.80. The summed E-state index contributed by atoms with van der Waals surface area (Å²) in [6.45, 7) is 2.33. The Labute approximate surface area is 133 Å². The van der Waals surface area contributed by atoms with Crippen molar-refractivity contribution in [3.63, 3.8) is 0 Å². The Bertz CT molecular complexity index is 627. The molecule has 116 valence electrons. The van der Waals surface area contributed by atoms with Gasteiger partial charge >= 0.3 is 0 Å². The molecule has 2 rings (SSSR count). The van der Waals surface area contributed by atoms with Gasteiger partial charge in [-0.1, -0.05) is 6.07 Å². The van der Waals surface area contributed by atoms with E-state index >= 15 is 0 Å². The number of thiazole rings is 1. The predicted molar refractivity (Wildman–Crippen MR) is 85.4 cm³/mol. The number of carbonyl (C=O) groups is 2. The van der Waals surface area contributed by atoms with Crippen LogP contribution in [0.15, 0.2) is 29.8 Å². The van der Waals surface area contributed by atoms with Gasteiger partial charge in [-0.3, -0.25) is 14.6 Å². The van der Waals surface area contributed by atoms with Crippen LogP contribution in [0.5, 0.6) is 0 Å². The van der Waals surface area contributed by atoms with Crippen LogP contribution in [0.2, 0.25) is 0 Å². The Morgan fingerprint density at radius 3 is 2.77 bits per heavy atom. The molecule has 0 aliphatic rings. The maximum absolute atomic E-state index is 11.7. The molecule has 22 heavy (non-hydrogen) atoms. The topological polar surface area (TPSA) is 84.0 Å². The first kappa shape index (κ1) is 16.1. The fourth-order valence-corrected chi connectivity index (χ4v) is 2.63. The van der Waals surface area contributed by atoms with Crippen molar-refractivity contribution in [2.24, 2.45) is 0 Å². The number of hydrogen-bond donors (Lipinski definition) is 2. The van der Waals surface area contributed by atoms with Crippen LogP contribution in [0.25, 0.3) is 10.7 Å². The number of aryl methyl sites for hydroxylation is 1. The minimum Gasteiger partial charge on any atom is -0.355 e. The van der Waals surface area contributed by atoms with Crippen LogP contribution in [-0.4, -0.2) is 34.9 Å². The fraction of sp³-hybridized carbons (Fsp3) is 0.333. The quantitative estimate of drug-likeness (QED) is 0.756. The average Bonchev–Trinajstić information content (AvgIpc) is 2.99. The van der Waals surface area contributed by atoms with Gasteiger partial charge in [0.15, 0.2) is 0 Å². The molecule has 0 saturated heterocycles. The minimum atomic E-state index is -0.0984. The molecule has 0 fully saturated rings. The zero-order valence-corrected chi connectivity index (χ0v) is 13.2. The molecule has 0 aliphatic carbocycles. The molecule has 0 spiro atoms. The molecule has 2 N–H and O–H groups in total. The first-order valence-corrected chi connectivity index (χ1v) is 7.90. The predicted octanol–water partition coefficient (Wildman–Crippen LogP) is 1.39. The van der Waals surface area contributed by atoms with Gasteiger partial charge in [0.1, 0.15) is 5.01 Å². The second-order valence-corrected chi connectivity index (χ2v) is 5.55. The first-order chi connectivity index (χ1) is 10.6. The summed E-state index contributed by atoms with van der Waals surface area (Å²) in [6.07, 6.45) is 2.71. The van der Waals surface area contributed by atoms with Gasteiger partial charge in [-0.15, -0.1) is 11.3 Å². The zero-order chi connectivity index (χ0) is 15.8. The number of pyridine rings is 1. The average molecular weight is 318 g/mol. The van der Waals surface area contributed by atoms with Crippen molar-refractivity contribution in [2.45, 2.75) is 19.8 Å². The molecule has 0 atom stereocenters. The Morgan fingerprint density at radius 1 is 1.23 bits per heavy atom. The maximum Gasteiger partial charge on any atom is 0.220 e.